The van der Waals surface area contributed by atoms with E-state index < -0.39 is 0 Å². The van der Waals surface area contributed by atoms with Gasteiger partial charge in [0.15, 0.2) is 5.75 Å². The fourth-order valence-electron chi connectivity index (χ4n) is 5.96. The van der Waals surface area contributed by atoms with Crippen LogP contribution in [0, 0.1) is 12.8 Å². The van der Waals surface area contributed by atoms with E-state index in [1.807, 2.05) is 31.2 Å². The van der Waals surface area contributed by atoms with Crippen LogP contribution in [-0.4, -0.2) is 62.1 Å². The van der Waals surface area contributed by atoms with Gasteiger partial charge in [0.25, 0.3) is 0 Å². The van der Waals surface area contributed by atoms with Crippen LogP contribution in [0.3, 0.4) is 0 Å². The van der Waals surface area contributed by atoms with Crippen molar-refractivity contribution in [2.24, 2.45) is 13.0 Å². The molecule has 0 saturated carbocycles. The quantitative estimate of drug-likeness (QED) is 0.215. The van der Waals surface area contributed by atoms with Gasteiger partial charge in [0.05, 0.1) is 37.4 Å². The lowest BCUT2D eigenvalue weighted by atomic mass is 9.93. The third-order valence-electron chi connectivity index (χ3n) is 8.42. The zero-order valence-electron chi connectivity index (χ0n) is 25.1. The summed E-state index contributed by atoms with van der Waals surface area (Å²) in [6, 6.07) is 9.36. The number of ether oxygens (including phenoxy) is 2. The number of halogens is 2. The van der Waals surface area contributed by atoms with Crippen molar-refractivity contribution in [1.29, 1.82) is 0 Å². The van der Waals surface area contributed by atoms with E-state index in [-0.39, 0.29) is 5.97 Å². The van der Waals surface area contributed by atoms with Gasteiger partial charge in [-0.25, -0.2) is 19.9 Å². The highest BCUT2D eigenvalue weighted by atomic mass is 35.5. The molecule has 1 saturated heterocycles. The lowest BCUT2D eigenvalue weighted by Gasteiger charge is -2.31. The summed E-state index contributed by atoms with van der Waals surface area (Å²) in [5.41, 5.74) is 4.89. The Balaban J connectivity index is 1.19. The molecule has 3 aromatic heterocycles. The number of nitrogens with zero attached hydrogens (tertiary/aromatic N) is 7. The number of anilines is 1. The summed E-state index contributed by atoms with van der Waals surface area (Å²) >= 11 is 12.7. The molecule has 0 spiro atoms. The highest BCUT2D eigenvalue weighted by Gasteiger charge is 2.24. The first-order chi connectivity index (χ1) is 21.2. The van der Waals surface area contributed by atoms with Gasteiger partial charge in [0.2, 0.25) is 11.8 Å². The van der Waals surface area contributed by atoms with Crippen LogP contribution in [0.4, 0.5) is 5.95 Å². The summed E-state index contributed by atoms with van der Waals surface area (Å²) in [4.78, 5) is 34.9. The number of carbonyl (C=O) groups excluding carboxylic acids is 1. The number of pyridine rings is 1. The van der Waals surface area contributed by atoms with Crippen LogP contribution in [0.25, 0.3) is 11.3 Å². The average Bonchev–Trinajstić information content (AvgIpc) is 3.30. The van der Waals surface area contributed by atoms with Crippen LogP contribution in [0.2, 0.25) is 10.0 Å². The van der Waals surface area contributed by atoms with Crippen LogP contribution in [0.1, 0.15) is 42.0 Å². The van der Waals surface area contributed by atoms with Gasteiger partial charge >= 0.3 is 5.97 Å². The van der Waals surface area contributed by atoms with Gasteiger partial charge in [-0.3, -0.25) is 9.69 Å². The molecule has 44 heavy (non-hydrogen) atoms. The zero-order chi connectivity index (χ0) is 30.8. The highest BCUT2D eigenvalue weighted by molar-refractivity contribution is 6.35. The Kier molecular flexibility index (Phi) is 9.02. The van der Waals surface area contributed by atoms with Gasteiger partial charge in [-0.05, 0) is 68.6 Å². The zero-order valence-corrected chi connectivity index (χ0v) is 26.6. The molecule has 2 aliphatic rings. The number of fused-ring (bicyclic) bond motifs is 1. The molecule has 4 aromatic rings. The van der Waals surface area contributed by atoms with E-state index >= 15 is 0 Å². The number of hydrogen-bond donors (Lipinski definition) is 0. The number of benzene rings is 1. The smallest absolute Gasteiger partial charge is 0.305 e. The Labute approximate surface area is 267 Å². The highest BCUT2D eigenvalue weighted by Crippen LogP contribution is 2.31. The number of imidazole rings is 1. The summed E-state index contributed by atoms with van der Waals surface area (Å²) in [6.45, 7) is 6.02. The fourth-order valence-corrected chi connectivity index (χ4v) is 6.48. The predicted molar refractivity (Wildman–Crippen MR) is 169 cm³/mol. The van der Waals surface area contributed by atoms with Gasteiger partial charge < -0.3 is 18.9 Å². The Morgan fingerprint density at radius 1 is 1.00 bits per heavy atom. The fraction of sp³-hybridized carbons (Fsp3) is 0.406. The second-order valence-electron chi connectivity index (χ2n) is 11.5. The van der Waals surface area contributed by atoms with Crippen LogP contribution < -0.4 is 9.64 Å². The first kappa shape index (κ1) is 30.3. The number of hydrogen-bond acceptors (Lipinski definition) is 9. The molecule has 10 nitrogen and oxygen atoms in total. The molecule has 6 rings (SSSR count). The molecule has 0 bridgehead atoms. The summed E-state index contributed by atoms with van der Waals surface area (Å²) in [6.07, 6.45) is 6.62. The number of methoxy groups -OCH3 is 1. The Morgan fingerprint density at radius 3 is 2.43 bits per heavy atom. The SMILES string of the molecule is COC(=O)CC1CCN(Cc2cc(Oc3cnc(N4CCc5c(nc(C)n5C)C4)nc3)nc(-c3cc(Cl)cc(Cl)c3)c2)CC1. The molecule has 1 aromatic carbocycles. The Hall–Kier alpha value is -3.73. The largest absolute Gasteiger partial charge is 0.469 e. The molecule has 12 heteroatoms. The molecular formula is C32H35Cl2N7O3. The van der Waals surface area contributed by atoms with Crippen LogP contribution in [0.5, 0.6) is 11.6 Å². The van der Waals surface area contributed by atoms with Crippen molar-refractivity contribution in [3.8, 4) is 22.9 Å². The standard InChI is InChI=1S/C32H35Cl2N7O3/c1-20-37-28-19-41(9-6-29(28)39(20)2)32-35-16-26(17-36-32)44-30-11-22(10-27(38-30)23-13-24(33)15-25(34)14-23)18-40-7-4-21(5-8-40)12-31(42)43-3/h10-11,13-17,21H,4-9,12,18-19H2,1-3H3. The Bertz CT molecular complexity index is 1630. The van der Waals surface area contributed by atoms with E-state index in [0.29, 0.717) is 58.7 Å². The minimum absolute atomic E-state index is 0.144. The Morgan fingerprint density at radius 2 is 1.73 bits per heavy atom. The number of aryl methyl sites for hydroxylation is 1. The molecule has 1 fully saturated rings. The monoisotopic (exact) mass is 635 g/mol. The molecule has 5 heterocycles. The second kappa shape index (κ2) is 13.1. The summed E-state index contributed by atoms with van der Waals surface area (Å²) < 4.78 is 13.2. The van der Waals surface area contributed by atoms with Crippen LogP contribution in [0.15, 0.2) is 42.7 Å². The lowest BCUT2D eigenvalue weighted by molar-refractivity contribution is -0.142. The van der Waals surface area contributed by atoms with Crippen LogP contribution >= 0.6 is 23.2 Å². The maximum absolute atomic E-state index is 11.7. The van der Waals surface area contributed by atoms with Crippen molar-refractivity contribution in [2.45, 2.75) is 45.7 Å². The second-order valence-corrected chi connectivity index (χ2v) is 12.3. The molecule has 0 aliphatic carbocycles. The molecule has 0 amide bonds. The number of likely N-dealkylation sites (tertiary alicyclic amines) is 1. The molecule has 0 atom stereocenters. The van der Waals surface area contributed by atoms with E-state index in [1.165, 1.54) is 12.8 Å². The number of piperidine rings is 1. The normalized spacial score (nSPS) is 15.7. The van der Waals surface area contributed by atoms with Crippen molar-refractivity contribution >= 4 is 35.1 Å². The minimum atomic E-state index is -0.144. The van der Waals surface area contributed by atoms with Gasteiger partial charge in [0.1, 0.15) is 5.82 Å². The van der Waals surface area contributed by atoms with Crippen molar-refractivity contribution in [1.82, 2.24) is 29.4 Å². The van der Waals surface area contributed by atoms with Crippen molar-refractivity contribution < 1.29 is 14.3 Å². The van der Waals surface area contributed by atoms with Gasteiger partial charge in [-0.15, -0.1) is 0 Å². The average molecular weight is 637 g/mol. The number of carbonyl (C=O) groups is 1. The maximum Gasteiger partial charge on any atom is 0.305 e. The van der Waals surface area contributed by atoms with Crippen molar-refractivity contribution in [3.63, 3.8) is 0 Å². The van der Waals surface area contributed by atoms with Crippen LogP contribution in [-0.2, 0) is 36.1 Å². The first-order valence-corrected chi connectivity index (χ1v) is 15.5. The van der Waals surface area contributed by atoms with Crippen molar-refractivity contribution in [2.75, 3.05) is 31.6 Å². The van der Waals surface area contributed by atoms with Gasteiger partial charge in [-0.2, -0.15) is 0 Å². The van der Waals surface area contributed by atoms with E-state index in [9.17, 15) is 4.79 Å². The predicted octanol–water partition coefficient (Wildman–Crippen LogP) is 6.02. The van der Waals surface area contributed by atoms with Gasteiger partial charge in [0, 0.05) is 60.3 Å². The van der Waals surface area contributed by atoms with Gasteiger partial charge in [-0.1, -0.05) is 23.2 Å². The summed E-state index contributed by atoms with van der Waals surface area (Å²) in [7, 11) is 3.50. The van der Waals surface area contributed by atoms with E-state index in [0.717, 1.165) is 61.5 Å². The maximum atomic E-state index is 11.7. The lowest BCUT2D eigenvalue weighted by Crippen LogP contribution is -2.34. The van der Waals surface area contributed by atoms with E-state index in [2.05, 4.69) is 31.4 Å². The number of esters is 1. The molecule has 230 valence electrons. The third kappa shape index (κ3) is 6.98. The summed E-state index contributed by atoms with van der Waals surface area (Å²) in [5, 5.41) is 1.06. The molecular weight excluding hydrogens is 601 g/mol. The first-order valence-electron chi connectivity index (χ1n) is 14.8. The molecule has 0 N–H and O–H groups in total. The molecule has 2 aliphatic heterocycles. The van der Waals surface area contributed by atoms with E-state index in [4.69, 9.17) is 42.6 Å². The topological polar surface area (TPSA) is 98.5 Å². The number of aromatic nitrogens is 5. The molecule has 0 radical (unpaired) electrons. The third-order valence-corrected chi connectivity index (χ3v) is 8.85. The van der Waals surface area contributed by atoms with E-state index in [1.54, 1.807) is 18.5 Å². The van der Waals surface area contributed by atoms with Crippen molar-refractivity contribution in [3.05, 3.63) is 75.5 Å². The minimum Gasteiger partial charge on any atom is -0.469 e. The molecule has 0 unspecified atom stereocenters. The summed E-state index contributed by atoms with van der Waals surface area (Å²) in [5.74, 6) is 2.77. The number of rotatable bonds is 8.